The van der Waals surface area contributed by atoms with Crippen LogP contribution in [0.3, 0.4) is 0 Å². The zero-order valence-electron chi connectivity index (χ0n) is 20.1. The highest BCUT2D eigenvalue weighted by Crippen LogP contribution is 2.38. The Morgan fingerprint density at radius 2 is 1.94 bits per heavy atom. The number of rotatable bonds is 8. The molecule has 178 valence electrons. The minimum absolute atomic E-state index is 0.0438. The van der Waals surface area contributed by atoms with E-state index in [1.807, 2.05) is 0 Å². The zero-order valence-corrected chi connectivity index (χ0v) is 20.1. The first-order chi connectivity index (χ1) is 16.1. The summed E-state index contributed by atoms with van der Waals surface area (Å²) in [6.07, 6.45) is 11.4. The molecule has 3 aliphatic heterocycles. The number of fused-ring (bicyclic) bond motifs is 1. The highest BCUT2D eigenvalue weighted by atomic mass is 16.1. The molecule has 5 rings (SSSR count). The Morgan fingerprint density at radius 1 is 1.12 bits per heavy atom. The van der Waals surface area contributed by atoms with E-state index in [9.17, 15) is 4.79 Å². The van der Waals surface area contributed by atoms with Crippen molar-refractivity contribution in [3.63, 3.8) is 0 Å². The summed E-state index contributed by atoms with van der Waals surface area (Å²) in [5.74, 6) is 3.64. The predicted octanol–water partition coefficient (Wildman–Crippen LogP) is 3.55. The summed E-state index contributed by atoms with van der Waals surface area (Å²) in [4.78, 5) is 31.0. The van der Waals surface area contributed by atoms with Gasteiger partial charge in [-0.2, -0.15) is 0 Å². The van der Waals surface area contributed by atoms with Crippen molar-refractivity contribution in [2.24, 2.45) is 0 Å². The van der Waals surface area contributed by atoms with Gasteiger partial charge >= 0.3 is 0 Å². The van der Waals surface area contributed by atoms with Crippen LogP contribution in [-0.4, -0.2) is 63.0 Å². The number of aryl methyl sites for hydroxylation is 1. The first kappa shape index (κ1) is 22.3. The van der Waals surface area contributed by atoms with Crippen LogP contribution >= 0.6 is 0 Å². The SMILES string of the molecule is CCCCc1cn(CCN2CCC2)c(C2CCN(c3ncnc4c3C(C)CC(=O)N4)CC2)n1. The summed E-state index contributed by atoms with van der Waals surface area (Å²) in [7, 11) is 0. The van der Waals surface area contributed by atoms with E-state index in [-0.39, 0.29) is 11.8 Å². The number of imidazole rings is 1. The van der Waals surface area contributed by atoms with Crippen LogP contribution in [0, 0.1) is 0 Å². The molecule has 2 aromatic rings. The number of hydrogen-bond acceptors (Lipinski definition) is 6. The van der Waals surface area contributed by atoms with Crippen LogP contribution in [0.5, 0.6) is 0 Å². The summed E-state index contributed by atoms with van der Waals surface area (Å²) in [5.41, 5.74) is 2.35. The summed E-state index contributed by atoms with van der Waals surface area (Å²) in [6.45, 7) is 10.9. The maximum Gasteiger partial charge on any atom is 0.226 e. The van der Waals surface area contributed by atoms with Crippen LogP contribution in [0.4, 0.5) is 11.6 Å². The second kappa shape index (κ2) is 9.79. The molecule has 3 aliphatic rings. The first-order valence-electron chi connectivity index (χ1n) is 12.8. The average molecular weight is 452 g/mol. The average Bonchev–Trinajstić information content (AvgIpc) is 3.19. The summed E-state index contributed by atoms with van der Waals surface area (Å²) in [6, 6.07) is 0. The molecule has 8 nitrogen and oxygen atoms in total. The van der Waals surface area contributed by atoms with Crippen LogP contribution in [-0.2, 0) is 17.8 Å². The Bertz CT molecular complexity index is 975. The van der Waals surface area contributed by atoms with Gasteiger partial charge in [0.25, 0.3) is 0 Å². The van der Waals surface area contributed by atoms with Gasteiger partial charge in [0.15, 0.2) is 0 Å². The van der Waals surface area contributed by atoms with Crippen molar-refractivity contribution in [3.05, 3.63) is 29.6 Å². The lowest BCUT2D eigenvalue weighted by molar-refractivity contribution is -0.116. The Morgan fingerprint density at radius 3 is 2.67 bits per heavy atom. The predicted molar refractivity (Wildman–Crippen MR) is 130 cm³/mol. The van der Waals surface area contributed by atoms with Crippen LogP contribution in [0.25, 0.3) is 0 Å². The molecule has 1 N–H and O–H groups in total. The van der Waals surface area contributed by atoms with Gasteiger partial charge in [0.05, 0.1) is 5.69 Å². The molecule has 1 atom stereocenters. The highest BCUT2D eigenvalue weighted by Gasteiger charge is 2.31. The van der Waals surface area contributed by atoms with Gasteiger partial charge in [0.2, 0.25) is 5.91 Å². The van der Waals surface area contributed by atoms with Crippen molar-refractivity contribution in [2.45, 2.75) is 77.2 Å². The number of aromatic nitrogens is 4. The van der Waals surface area contributed by atoms with Crippen molar-refractivity contribution in [1.29, 1.82) is 0 Å². The van der Waals surface area contributed by atoms with Crippen molar-refractivity contribution in [2.75, 3.05) is 42.9 Å². The molecule has 5 heterocycles. The fraction of sp³-hybridized carbons (Fsp3) is 0.680. The summed E-state index contributed by atoms with van der Waals surface area (Å²) < 4.78 is 2.45. The normalized spacial score (nSPS) is 21.6. The van der Waals surface area contributed by atoms with E-state index in [1.165, 1.54) is 43.9 Å². The lowest BCUT2D eigenvalue weighted by atomic mass is 9.92. The van der Waals surface area contributed by atoms with Gasteiger partial charge in [-0.25, -0.2) is 15.0 Å². The number of nitrogens with one attached hydrogen (secondary N) is 1. The molecule has 2 aromatic heterocycles. The molecular weight excluding hydrogens is 414 g/mol. The van der Waals surface area contributed by atoms with Crippen molar-refractivity contribution >= 4 is 17.5 Å². The maximum atomic E-state index is 11.9. The molecule has 8 heteroatoms. The summed E-state index contributed by atoms with van der Waals surface area (Å²) in [5, 5.41) is 2.93. The third-order valence-electron chi connectivity index (χ3n) is 7.51. The van der Waals surface area contributed by atoms with Crippen molar-refractivity contribution in [1.82, 2.24) is 24.4 Å². The topological polar surface area (TPSA) is 79.2 Å². The zero-order chi connectivity index (χ0) is 22.8. The van der Waals surface area contributed by atoms with Crippen LogP contribution in [0.1, 0.15) is 81.3 Å². The van der Waals surface area contributed by atoms with E-state index >= 15 is 0 Å². The smallest absolute Gasteiger partial charge is 0.226 e. The fourth-order valence-electron chi connectivity index (χ4n) is 5.43. The minimum atomic E-state index is 0.0438. The van der Waals surface area contributed by atoms with Gasteiger partial charge in [-0.05, 0) is 51.1 Å². The van der Waals surface area contributed by atoms with Crippen LogP contribution < -0.4 is 10.2 Å². The Hall–Kier alpha value is -2.48. The van der Waals surface area contributed by atoms with Gasteiger partial charge in [-0.3, -0.25) is 4.79 Å². The first-order valence-corrected chi connectivity index (χ1v) is 12.8. The quantitative estimate of drug-likeness (QED) is 0.661. The molecule has 0 spiro atoms. The monoisotopic (exact) mass is 451 g/mol. The lowest BCUT2D eigenvalue weighted by Crippen LogP contribution is -2.39. The van der Waals surface area contributed by atoms with E-state index in [2.05, 4.69) is 49.7 Å². The third kappa shape index (κ3) is 4.76. The number of unbranched alkanes of at least 4 members (excludes halogenated alkanes) is 1. The molecule has 1 unspecified atom stereocenters. The molecule has 2 saturated heterocycles. The van der Waals surface area contributed by atoms with E-state index in [0.717, 1.165) is 56.8 Å². The summed E-state index contributed by atoms with van der Waals surface area (Å²) >= 11 is 0. The second-order valence-corrected chi connectivity index (χ2v) is 9.96. The van der Waals surface area contributed by atoms with Gasteiger partial charge in [-0.1, -0.05) is 20.3 Å². The largest absolute Gasteiger partial charge is 0.356 e. The minimum Gasteiger partial charge on any atom is -0.356 e. The highest BCUT2D eigenvalue weighted by molar-refractivity contribution is 5.94. The van der Waals surface area contributed by atoms with E-state index in [0.29, 0.717) is 18.2 Å². The number of amides is 1. The van der Waals surface area contributed by atoms with Gasteiger partial charge < -0.3 is 19.7 Å². The number of nitrogens with zero attached hydrogens (tertiary/aromatic N) is 6. The lowest BCUT2D eigenvalue weighted by Gasteiger charge is -2.36. The van der Waals surface area contributed by atoms with Crippen molar-refractivity contribution in [3.8, 4) is 0 Å². The molecule has 0 bridgehead atoms. The molecule has 0 saturated carbocycles. The third-order valence-corrected chi connectivity index (χ3v) is 7.51. The fourth-order valence-corrected chi connectivity index (χ4v) is 5.43. The molecule has 0 aliphatic carbocycles. The van der Waals surface area contributed by atoms with Gasteiger partial charge in [-0.15, -0.1) is 0 Å². The standard InChI is InChI=1S/C25H37N7O/c1-3-4-6-20-16-32(14-13-30-9-5-10-30)24(28-20)19-7-11-31(12-8-19)25-22-18(2)15-21(33)29-23(22)26-17-27-25/h16-19H,3-15H2,1-2H3,(H,26,27,29,33). The molecule has 2 fully saturated rings. The van der Waals surface area contributed by atoms with Gasteiger partial charge in [0, 0.05) is 50.3 Å². The number of likely N-dealkylation sites (tertiary alicyclic amines) is 1. The number of piperidine rings is 1. The number of anilines is 2. The molecule has 0 radical (unpaired) electrons. The van der Waals surface area contributed by atoms with E-state index < -0.39 is 0 Å². The van der Waals surface area contributed by atoms with Crippen molar-refractivity contribution < 1.29 is 4.79 Å². The second-order valence-electron chi connectivity index (χ2n) is 9.96. The van der Waals surface area contributed by atoms with E-state index in [4.69, 9.17) is 4.98 Å². The number of carbonyl (C=O) groups excluding carboxylic acids is 1. The number of carbonyl (C=O) groups is 1. The number of hydrogen-bond donors (Lipinski definition) is 1. The molecule has 1 amide bonds. The molecule has 33 heavy (non-hydrogen) atoms. The Kier molecular flexibility index (Phi) is 6.62. The van der Waals surface area contributed by atoms with Gasteiger partial charge in [0.1, 0.15) is 23.8 Å². The van der Waals surface area contributed by atoms with E-state index in [1.54, 1.807) is 6.33 Å². The molecular formula is C25H37N7O. The van der Waals surface area contributed by atoms with Crippen LogP contribution in [0.2, 0.25) is 0 Å². The molecule has 0 aromatic carbocycles. The Balaban J connectivity index is 1.29. The Labute approximate surface area is 196 Å². The maximum absolute atomic E-state index is 11.9. The van der Waals surface area contributed by atoms with Crippen LogP contribution in [0.15, 0.2) is 12.5 Å².